The van der Waals surface area contributed by atoms with E-state index in [1.54, 1.807) is 0 Å². The van der Waals surface area contributed by atoms with Gasteiger partial charge in [0.1, 0.15) is 0 Å². The lowest BCUT2D eigenvalue weighted by atomic mass is 10.1. The van der Waals surface area contributed by atoms with Gasteiger partial charge in [0.15, 0.2) is 0 Å². The number of allylic oxidation sites excluding steroid dienone is 3. The van der Waals surface area contributed by atoms with Crippen LogP contribution in [0.15, 0.2) is 55.1 Å². The SMILES string of the molecule is C=CC/C=C/CC(C)COCc1ccccc1. The first kappa shape index (κ1) is 13.7. The molecule has 1 nitrogen and oxygen atoms in total. The van der Waals surface area contributed by atoms with E-state index in [4.69, 9.17) is 4.74 Å². The van der Waals surface area contributed by atoms with Gasteiger partial charge in [-0.15, -0.1) is 6.58 Å². The molecule has 17 heavy (non-hydrogen) atoms. The second-order valence-corrected chi connectivity index (χ2v) is 4.34. The van der Waals surface area contributed by atoms with Crippen LogP contribution in [0.4, 0.5) is 0 Å². The summed E-state index contributed by atoms with van der Waals surface area (Å²) in [4.78, 5) is 0. The highest BCUT2D eigenvalue weighted by molar-refractivity contribution is 5.13. The van der Waals surface area contributed by atoms with E-state index in [0.717, 1.165) is 19.4 Å². The molecule has 0 saturated carbocycles. The molecule has 0 aliphatic carbocycles. The van der Waals surface area contributed by atoms with Crippen molar-refractivity contribution >= 4 is 0 Å². The Hall–Kier alpha value is -1.34. The van der Waals surface area contributed by atoms with Crippen molar-refractivity contribution in [3.05, 3.63) is 60.7 Å². The van der Waals surface area contributed by atoms with Crippen molar-refractivity contribution < 1.29 is 4.74 Å². The number of hydrogen-bond acceptors (Lipinski definition) is 1. The van der Waals surface area contributed by atoms with Crippen LogP contribution < -0.4 is 0 Å². The van der Waals surface area contributed by atoms with Gasteiger partial charge in [0.2, 0.25) is 0 Å². The predicted molar refractivity (Wildman–Crippen MR) is 73.8 cm³/mol. The summed E-state index contributed by atoms with van der Waals surface area (Å²) in [5.74, 6) is 0.569. The van der Waals surface area contributed by atoms with Crippen LogP contribution in [0.3, 0.4) is 0 Å². The van der Waals surface area contributed by atoms with Crippen LogP contribution in [-0.4, -0.2) is 6.61 Å². The molecule has 0 amide bonds. The van der Waals surface area contributed by atoms with E-state index in [1.807, 2.05) is 24.3 Å². The third-order valence-corrected chi connectivity index (χ3v) is 2.52. The minimum absolute atomic E-state index is 0.569. The molecule has 0 spiro atoms. The van der Waals surface area contributed by atoms with Gasteiger partial charge in [-0.3, -0.25) is 0 Å². The van der Waals surface area contributed by atoms with Crippen LogP contribution in [-0.2, 0) is 11.3 Å². The molecule has 1 aromatic rings. The van der Waals surface area contributed by atoms with Gasteiger partial charge in [0.05, 0.1) is 6.61 Å². The standard InChI is InChI=1S/C16H22O/c1-3-4-5-7-10-15(2)13-17-14-16-11-8-6-9-12-16/h3,5-9,11-12,15H,1,4,10,13-14H2,2H3/b7-5+. The summed E-state index contributed by atoms with van der Waals surface area (Å²) < 4.78 is 5.68. The van der Waals surface area contributed by atoms with Gasteiger partial charge >= 0.3 is 0 Å². The molecule has 0 N–H and O–H groups in total. The van der Waals surface area contributed by atoms with Crippen LogP contribution in [0.25, 0.3) is 0 Å². The molecule has 1 aromatic carbocycles. The molecule has 0 aliphatic rings. The Labute approximate surface area is 105 Å². The average molecular weight is 230 g/mol. The summed E-state index contributed by atoms with van der Waals surface area (Å²) in [7, 11) is 0. The number of hydrogen-bond donors (Lipinski definition) is 0. The largest absolute Gasteiger partial charge is 0.376 e. The Balaban J connectivity index is 2.12. The molecule has 0 fully saturated rings. The molecule has 92 valence electrons. The highest BCUT2D eigenvalue weighted by Crippen LogP contribution is 2.07. The quantitative estimate of drug-likeness (QED) is 0.603. The number of benzene rings is 1. The van der Waals surface area contributed by atoms with Crippen molar-refractivity contribution in [1.82, 2.24) is 0 Å². The molecule has 0 radical (unpaired) electrons. The van der Waals surface area contributed by atoms with Crippen molar-refractivity contribution in [3.8, 4) is 0 Å². The molecule has 0 bridgehead atoms. The smallest absolute Gasteiger partial charge is 0.0717 e. The molecule has 0 aliphatic heterocycles. The van der Waals surface area contributed by atoms with E-state index in [1.165, 1.54) is 5.56 Å². The summed E-state index contributed by atoms with van der Waals surface area (Å²) in [6.45, 7) is 7.42. The summed E-state index contributed by atoms with van der Waals surface area (Å²) in [5.41, 5.74) is 1.24. The van der Waals surface area contributed by atoms with Crippen LogP contribution in [0.5, 0.6) is 0 Å². The molecular weight excluding hydrogens is 208 g/mol. The van der Waals surface area contributed by atoms with Crippen molar-refractivity contribution in [3.63, 3.8) is 0 Å². The monoisotopic (exact) mass is 230 g/mol. The summed E-state index contributed by atoms with van der Waals surface area (Å²) in [5, 5.41) is 0. The molecule has 0 saturated heterocycles. The zero-order valence-corrected chi connectivity index (χ0v) is 10.6. The Kier molecular flexibility index (Phi) is 7.08. The Morgan fingerprint density at radius 3 is 2.71 bits per heavy atom. The Morgan fingerprint density at radius 2 is 2.00 bits per heavy atom. The topological polar surface area (TPSA) is 9.23 Å². The van der Waals surface area contributed by atoms with Crippen molar-refractivity contribution in [2.24, 2.45) is 5.92 Å². The summed E-state index contributed by atoms with van der Waals surface area (Å²) in [6, 6.07) is 10.3. The molecule has 1 unspecified atom stereocenters. The van der Waals surface area contributed by atoms with Gasteiger partial charge in [-0.1, -0.05) is 55.5 Å². The van der Waals surface area contributed by atoms with Crippen LogP contribution >= 0.6 is 0 Å². The Morgan fingerprint density at radius 1 is 1.24 bits per heavy atom. The van der Waals surface area contributed by atoms with Crippen molar-refractivity contribution in [2.45, 2.75) is 26.4 Å². The lowest BCUT2D eigenvalue weighted by molar-refractivity contribution is 0.0929. The highest BCUT2D eigenvalue weighted by atomic mass is 16.5. The van der Waals surface area contributed by atoms with Crippen molar-refractivity contribution in [1.29, 1.82) is 0 Å². The van der Waals surface area contributed by atoms with Gasteiger partial charge in [-0.25, -0.2) is 0 Å². The van der Waals surface area contributed by atoms with E-state index in [9.17, 15) is 0 Å². The molecule has 0 aromatic heterocycles. The van der Waals surface area contributed by atoms with E-state index in [-0.39, 0.29) is 0 Å². The number of rotatable bonds is 8. The van der Waals surface area contributed by atoms with Gasteiger partial charge in [-0.05, 0) is 24.3 Å². The normalized spacial score (nSPS) is 12.8. The molecule has 1 atom stereocenters. The fourth-order valence-corrected chi connectivity index (χ4v) is 1.54. The first-order valence-corrected chi connectivity index (χ1v) is 6.20. The first-order chi connectivity index (χ1) is 8.33. The van der Waals surface area contributed by atoms with Gasteiger partial charge in [0, 0.05) is 6.61 Å². The molecule has 1 rings (SSSR count). The lowest BCUT2D eigenvalue weighted by Crippen LogP contribution is -2.04. The first-order valence-electron chi connectivity index (χ1n) is 6.20. The zero-order valence-electron chi connectivity index (χ0n) is 10.6. The maximum absolute atomic E-state index is 5.68. The predicted octanol–water partition coefficient (Wildman–Crippen LogP) is 4.36. The molecule has 0 heterocycles. The summed E-state index contributed by atoms with van der Waals surface area (Å²) in [6.07, 6.45) is 8.30. The summed E-state index contributed by atoms with van der Waals surface area (Å²) >= 11 is 0. The fourth-order valence-electron chi connectivity index (χ4n) is 1.54. The van der Waals surface area contributed by atoms with E-state index < -0.39 is 0 Å². The lowest BCUT2D eigenvalue weighted by Gasteiger charge is -2.09. The maximum Gasteiger partial charge on any atom is 0.0717 e. The van der Waals surface area contributed by atoms with E-state index >= 15 is 0 Å². The fraction of sp³-hybridized carbons (Fsp3) is 0.375. The minimum atomic E-state index is 0.569. The third-order valence-electron chi connectivity index (χ3n) is 2.52. The van der Waals surface area contributed by atoms with Gasteiger partial charge < -0.3 is 4.74 Å². The second-order valence-electron chi connectivity index (χ2n) is 4.34. The average Bonchev–Trinajstić information content (AvgIpc) is 2.36. The van der Waals surface area contributed by atoms with E-state index in [2.05, 4.69) is 37.8 Å². The van der Waals surface area contributed by atoms with Crippen LogP contribution in [0.2, 0.25) is 0 Å². The Bertz CT molecular complexity index is 327. The second kappa shape index (κ2) is 8.77. The van der Waals surface area contributed by atoms with Crippen LogP contribution in [0.1, 0.15) is 25.3 Å². The minimum Gasteiger partial charge on any atom is -0.376 e. The number of ether oxygens (including phenoxy) is 1. The van der Waals surface area contributed by atoms with Gasteiger partial charge in [0.25, 0.3) is 0 Å². The van der Waals surface area contributed by atoms with Crippen LogP contribution in [0, 0.1) is 5.92 Å². The van der Waals surface area contributed by atoms with Crippen molar-refractivity contribution in [2.75, 3.05) is 6.61 Å². The third kappa shape index (κ3) is 6.75. The van der Waals surface area contributed by atoms with Gasteiger partial charge in [-0.2, -0.15) is 0 Å². The van der Waals surface area contributed by atoms with E-state index in [0.29, 0.717) is 12.5 Å². The molecular formula is C16H22O. The zero-order chi connectivity index (χ0) is 12.3. The highest BCUT2D eigenvalue weighted by Gasteiger charge is 1.99. The maximum atomic E-state index is 5.68. The molecule has 1 heteroatoms.